The van der Waals surface area contributed by atoms with Crippen molar-refractivity contribution in [1.82, 2.24) is 14.9 Å². The zero-order valence-electron chi connectivity index (χ0n) is 14.7. The van der Waals surface area contributed by atoms with Gasteiger partial charge in [0.25, 0.3) is 0 Å². The van der Waals surface area contributed by atoms with E-state index in [1.54, 1.807) is 6.33 Å². The molecule has 2 heterocycles. The van der Waals surface area contributed by atoms with Crippen molar-refractivity contribution in [2.45, 2.75) is 44.7 Å². The Morgan fingerprint density at radius 2 is 1.88 bits per heavy atom. The third-order valence-corrected chi connectivity index (χ3v) is 6.46. The molecule has 1 aliphatic carbocycles. The summed E-state index contributed by atoms with van der Waals surface area (Å²) in [6.45, 7) is 6.08. The topological polar surface area (TPSA) is 50.3 Å². The predicted molar refractivity (Wildman–Crippen MR) is 104 cm³/mol. The first-order valence-corrected chi connectivity index (χ1v) is 10.00. The number of aryl methyl sites for hydroxylation is 1. The Kier molecular flexibility index (Phi) is 5.20. The molecule has 2 fully saturated rings. The fourth-order valence-corrected chi connectivity index (χ4v) is 4.45. The number of halogens is 1. The molecule has 4 rings (SSSR count). The molecule has 0 atom stereocenters. The summed E-state index contributed by atoms with van der Waals surface area (Å²) >= 11 is 3.63. The molecule has 0 radical (unpaired) electrons. The van der Waals surface area contributed by atoms with E-state index in [0.717, 1.165) is 53.5 Å². The molecule has 1 aromatic carbocycles. The number of morpholine rings is 1. The van der Waals surface area contributed by atoms with Gasteiger partial charge in [0.05, 0.1) is 18.7 Å². The van der Waals surface area contributed by atoms with Gasteiger partial charge in [-0.2, -0.15) is 0 Å². The summed E-state index contributed by atoms with van der Waals surface area (Å²) in [5.74, 6) is 0.971. The molecular weight excluding hydrogens is 380 g/mol. The van der Waals surface area contributed by atoms with Gasteiger partial charge in [-0.1, -0.05) is 15.9 Å². The van der Waals surface area contributed by atoms with Crippen molar-refractivity contribution in [3.63, 3.8) is 0 Å². The first kappa shape index (κ1) is 17.2. The Labute approximate surface area is 157 Å². The van der Waals surface area contributed by atoms with E-state index in [-0.39, 0.29) is 0 Å². The number of hydrogen-bond donors (Lipinski definition) is 1. The van der Waals surface area contributed by atoms with Crippen LogP contribution >= 0.6 is 15.9 Å². The predicted octanol–water partition coefficient (Wildman–Crippen LogP) is 3.76. The van der Waals surface area contributed by atoms with Gasteiger partial charge >= 0.3 is 0 Å². The van der Waals surface area contributed by atoms with Crippen LogP contribution in [0.15, 0.2) is 22.9 Å². The zero-order chi connectivity index (χ0) is 17.2. The van der Waals surface area contributed by atoms with Crippen molar-refractivity contribution >= 4 is 32.7 Å². The molecule has 1 aliphatic heterocycles. The molecule has 0 amide bonds. The Morgan fingerprint density at radius 1 is 1.12 bits per heavy atom. The van der Waals surface area contributed by atoms with Crippen LogP contribution in [0.5, 0.6) is 0 Å². The van der Waals surface area contributed by atoms with Crippen LogP contribution in [-0.2, 0) is 4.74 Å². The summed E-state index contributed by atoms with van der Waals surface area (Å²) in [5.41, 5.74) is 2.20. The molecule has 134 valence electrons. The molecule has 2 aromatic rings. The van der Waals surface area contributed by atoms with E-state index in [2.05, 4.69) is 55.2 Å². The number of benzene rings is 1. The summed E-state index contributed by atoms with van der Waals surface area (Å²) < 4.78 is 6.59. The lowest BCUT2D eigenvalue weighted by Crippen LogP contribution is -2.46. The highest BCUT2D eigenvalue weighted by Gasteiger charge is 2.27. The highest BCUT2D eigenvalue weighted by molar-refractivity contribution is 9.10. The smallest absolute Gasteiger partial charge is 0.137 e. The number of anilines is 1. The van der Waals surface area contributed by atoms with Gasteiger partial charge in [-0.15, -0.1) is 0 Å². The standard InChI is InChI=1S/C19H25BrN4O/c1-13-16(20)6-7-17-18(13)19(22-12-21-17)23-14-2-4-15(5-3-14)24-8-10-25-11-9-24/h6-7,12,14-15H,2-5,8-11H2,1H3,(H,21,22,23)/t14-,15-. The third kappa shape index (κ3) is 3.66. The van der Waals surface area contributed by atoms with Crippen LogP contribution in [-0.4, -0.2) is 53.3 Å². The highest BCUT2D eigenvalue weighted by atomic mass is 79.9. The summed E-state index contributed by atoms with van der Waals surface area (Å²) in [6.07, 6.45) is 6.56. The first-order valence-electron chi connectivity index (χ1n) is 9.20. The molecule has 25 heavy (non-hydrogen) atoms. The Morgan fingerprint density at radius 3 is 2.64 bits per heavy atom. The maximum absolute atomic E-state index is 5.48. The minimum absolute atomic E-state index is 0.494. The molecule has 0 bridgehead atoms. The maximum Gasteiger partial charge on any atom is 0.137 e. The number of nitrogens with zero attached hydrogens (tertiary/aromatic N) is 3. The quantitative estimate of drug-likeness (QED) is 0.843. The lowest BCUT2D eigenvalue weighted by molar-refractivity contribution is 0.00791. The van der Waals surface area contributed by atoms with E-state index in [0.29, 0.717) is 6.04 Å². The lowest BCUT2D eigenvalue weighted by atomic mass is 9.90. The van der Waals surface area contributed by atoms with Crippen LogP contribution in [0.2, 0.25) is 0 Å². The molecule has 0 spiro atoms. The highest BCUT2D eigenvalue weighted by Crippen LogP contribution is 2.31. The Hall–Kier alpha value is -1.24. The average molecular weight is 405 g/mol. The van der Waals surface area contributed by atoms with Crippen LogP contribution in [0.1, 0.15) is 31.2 Å². The number of aromatic nitrogens is 2. The zero-order valence-corrected chi connectivity index (χ0v) is 16.3. The van der Waals surface area contributed by atoms with Crippen LogP contribution in [0.3, 0.4) is 0 Å². The van der Waals surface area contributed by atoms with Crippen molar-refractivity contribution in [3.05, 3.63) is 28.5 Å². The molecular formula is C19H25BrN4O. The minimum Gasteiger partial charge on any atom is -0.379 e. The molecule has 0 unspecified atom stereocenters. The molecule has 1 saturated carbocycles. The van der Waals surface area contributed by atoms with E-state index in [9.17, 15) is 0 Å². The molecule has 6 heteroatoms. The number of fused-ring (bicyclic) bond motifs is 1. The fourth-order valence-electron chi connectivity index (χ4n) is 4.12. The van der Waals surface area contributed by atoms with Gasteiger partial charge < -0.3 is 10.1 Å². The fraction of sp³-hybridized carbons (Fsp3) is 0.579. The van der Waals surface area contributed by atoms with Gasteiger partial charge in [-0.05, 0) is 50.3 Å². The van der Waals surface area contributed by atoms with Crippen LogP contribution < -0.4 is 5.32 Å². The summed E-state index contributed by atoms with van der Waals surface area (Å²) in [5, 5.41) is 4.83. The molecule has 1 aromatic heterocycles. The SMILES string of the molecule is Cc1c(Br)ccc2ncnc(N[C@H]3CC[C@H](N4CCOCC4)CC3)c12. The normalized spacial score (nSPS) is 25.2. The van der Waals surface area contributed by atoms with Gasteiger partial charge in [0.15, 0.2) is 0 Å². The molecule has 1 N–H and O–H groups in total. The van der Waals surface area contributed by atoms with E-state index >= 15 is 0 Å². The van der Waals surface area contributed by atoms with Crippen LogP contribution in [0.25, 0.3) is 10.9 Å². The summed E-state index contributed by atoms with van der Waals surface area (Å²) in [7, 11) is 0. The largest absolute Gasteiger partial charge is 0.379 e. The van der Waals surface area contributed by atoms with E-state index in [1.807, 2.05) is 0 Å². The van der Waals surface area contributed by atoms with Gasteiger partial charge in [-0.3, -0.25) is 4.90 Å². The lowest BCUT2D eigenvalue weighted by Gasteiger charge is -2.39. The van der Waals surface area contributed by atoms with Crippen molar-refractivity contribution in [1.29, 1.82) is 0 Å². The second kappa shape index (κ2) is 7.56. The number of nitrogens with one attached hydrogen (secondary N) is 1. The van der Waals surface area contributed by atoms with E-state index in [1.165, 1.54) is 31.2 Å². The van der Waals surface area contributed by atoms with Crippen molar-refractivity contribution in [3.8, 4) is 0 Å². The summed E-state index contributed by atoms with van der Waals surface area (Å²) in [6, 6.07) is 5.32. The average Bonchev–Trinajstić information content (AvgIpc) is 2.66. The Balaban J connectivity index is 1.45. The second-order valence-electron chi connectivity index (χ2n) is 7.09. The molecule has 1 saturated heterocycles. The monoisotopic (exact) mass is 404 g/mol. The van der Waals surface area contributed by atoms with Gasteiger partial charge in [0.2, 0.25) is 0 Å². The van der Waals surface area contributed by atoms with Gasteiger partial charge in [0.1, 0.15) is 12.1 Å². The van der Waals surface area contributed by atoms with Gasteiger partial charge in [-0.25, -0.2) is 9.97 Å². The van der Waals surface area contributed by atoms with Crippen LogP contribution in [0, 0.1) is 6.92 Å². The van der Waals surface area contributed by atoms with E-state index < -0.39 is 0 Å². The van der Waals surface area contributed by atoms with Crippen LogP contribution in [0.4, 0.5) is 5.82 Å². The van der Waals surface area contributed by atoms with Crippen molar-refractivity contribution in [2.75, 3.05) is 31.6 Å². The molecule has 5 nitrogen and oxygen atoms in total. The summed E-state index contributed by atoms with van der Waals surface area (Å²) in [4.78, 5) is 11.6. The van der Waals surface area contributed by atoms with E-state index in [4.69, 9.17) is 4.74 Å². The van der Waals surface area contributed by atoms with Crippen molar-refractivity contribution in [2.24, 2.45) is 0 Å². The molecule has 2 aliphatic rings. The number of rotatable bonds is 3. The Bertz CT molecular complexity index is 740. The number of hydrogen-bond acceptors (Lipinski definition) is 5. The second-order valence-corrected chi connectivity index (χ2v) is 7.94. The minimum atomic E-state index is 0.494. The van der Waals surface area contributed by atoms with Gasteiger partial charge in [0, 0.05) is 35.0 Å². The van der Waals surface area contributed by atoms with Crippen molar-refractivity contribution < 1.29 is 4.74 Å². The number of ether oxygens (including phenoxy) is 1. The first-order chi connectivity index (χ1) is 12.2. The third-order valence-electron chi connectivity index (χ3n) is 5.60. The maximum atomic E-state index is 5.48.